The van der Waals surface area contributed by atoms with Gasteiger partial charge >= 0.3 is 0 Å². The summed E-state index contributed by atoms with van der Waals surface area (Å²) in [6.07, 6.45) is 1.21. The molecule has 12 heavy (non-hydrogen) atoms. The van der Waals surface area contributed by atoms with Crippen molar-refractivity contribution in [3.8, 4) is 0 Å². The van der Waals surface area contributed by atoms with Crippen LogP contribution in [-0.4, -0.2) is 14.7 Å². The number of hydrogen-bond donors (Lipinski definition) is 0. The van der Waals surface area contributed by atoms with Crippen molar-refractivity contribution in [2.75, 3.05) is 6.26 Å². The summed E-state index contributed by atoms with van der Waals surface area (Å²) in [6, 6.07) is 3.40. The Balaban J connectivity index is 3.17. The number of rotatable bonds is 2. The van der Waals surface area contributed by atoms with Crippen molar-refractivity contribution in [2.45, 2.75) is 11.1 Å². The maximum absolute atomic E-state index is 11.0. The highest BCUT2D eigenvalue weighted by molar-refractivity contribution is 7.92. The van der Waals surface area contributed by atoms with Gasteiger partial charge in [0.1, 0.15) is 4.21 Å². The Hall–Kier alpha value is -0.610. The van der Waals surface area contributed by atoms with Gasteiger partial charge in [0.2, 0.25) is 0 Å². The minimum atomic E-state index is -3.04. The Kier molecular flexibility index (Phi) is 2.39. The SMILES string of the molecule is C=C(C)c1ccc(S(C)(=O)=O)s1. The Morgan fingerprint density at radius 1 is 1.50 bits per heavy atom. The molecule has 1 heterocycles. The first kappa shape index (κ1) is 9.48. The molecule has 1 rings (SSSR count). The smallest absolute Gasteiger partial charge is 0.184 e. The first-order chi connectivity index (χ1) is 5.41. The van der Waals surface area contributed by atoms with E-state index in [4.69, 9.17) is 0 Å². The predicted octanol–water partition coefficient (Wildman–Crippen LogP) is 2.18. The molecule has 1 aromatic rings. The van der Waals surface area contributed by atoms with E-state index < -0.39 is 9.84 Å². The largest absolute Gasteiger partial charge is 0.223 e. The molecule has 66 valence electrons. The predicted molar refractivity (Wildman–Crippen MR) is 52.1 cm³/mol. The zero-order chi connectivity index (χ0) is 9.35. The highest BCUT2D eigenvalue weighted by Gasteiger charge is 2.10. The summed E-state index contributed by atoms with van der Waals surface area (Å²) in [5.41, 5.74) is 0.898. The molecule has 0 saturated heterocycles. The van der Waals surface area contributed by atoms with Gasteiger partial charge in [0.25, 0.3) is 0 Å². The van der Waals surface area contributed by atoms with Gasteiger partial charge in [-0.2, -0.15) is 0 Å². The van der Waals surface area contributed by atoms with Crippen LogP contribution in [0, 0.1) is 0 Å². The number of sulfone groups is 1. The number of hydrogen-bond acceptors (Lipinski definition) is 3. The lowest BCUT2D eigenvalue weighted by Gasteiger charge is -1.90. The van der Waals surface area contributed by atoms with Crippen molar-refractivity contribution >= 4 is 26.7 Å². The lowest BCUT2D eigenvalue weighted by Crippen LogP contribution is -1.91. The average molecular weight is 202 g/mol. The first-order valence-electron chi connectivity index (χ1n) is 3.37. The lowest BCUT2D eigenvalue weighted by molar-refractivity contribution is 0.604. The highest BCUT2D eigenvalue weighted by Crippen LogP contribution is 2.25. The molecule has 0 N–H and O–H groups in total. The molecule has 0 amide bonds. The summed E-state index contributed by atoms with van der Waals surface area (Å²) in [5.74, 6) is 0. The van der Waals surface area contributed by atoms with Gasteiger partial charge in [-0.05, 0) is 24.6 Å². The van der Waals surface area contributed by atoms with Crippen LogP contribution in [0.5, 0.6) is 0 Å². The Morgan fingerprint density at radius 3 is 2.33 bits per heavy atom. The molecule has 0 saturated carbocycles. The second-order valence-corrected chi connectivity index (χ2v) is 6.00. The van der Waals surface area contributed by atoms with Gasteiger partial charge in [0.15, 0.2) is 9.84 Å². The molecule has 0 aliphatic rings. The summed E-state index contributed by atoms with van der Waals surface area (Å²) >= 11 is 1.26. The van der Waals surface area contributed by atoms with Crippen LogP contribution < -0.4 is 0 Å². The molecule has 0 aromatic carbocycles. The van der Waals surface area contributed by atoms with Gasteiger partial charge in [-0.15, -0.1) is 11.3 Å². The quantitative estimate of drug-likeness (QED) is 0.736. The van der Waals surface area contributed by atoms with Gasteiger partial charge in [0, 0.05) is 11.1 Å². The molecule has 0 unspecified atom stereocenters. The van der Waals surface area contributed by atoms with Crippen LogP contribution in [0.2, 0.25) is 0 Å². The minimum Gasteiger partial charge on any atom is -0.223 e. The van der Waals surface area contributed by atoms with Crippen molar-refractivity contribution in [2.24, 2.45) is 0 Å². The van der Waals surface area contributed by atoms with Crippen molar-refractivity contribution in [3.05, 3.63) is 23.6 Å². The summed E-state index contributed by atoms with van der Waals surface area (Å²) in [5, 5.41) is 0. The molecular formula is C8H10O2S2. The van der Waals surface area contributed by atoms with Crippen LogP contribution in [-0.2, 0) is 9.84 Å². The highest BCUT2D eigenvalue weighted by atomic mass is 32.2. The van der Waals surface area contributed by atoms with Gasteiger partial charge < -0.3 is 0 Å². The van der Waals surface area contributed by atoms with Crippen molar-refractivity contribution in [3.63, 3.8) is 0 Å². The summed E-state index contributed by atoms with van der Waals surface area (Å²) < 4.78 is 22.5. The maximum atomic E-state index is 11.0. The summed E-state index contributed by atoms with van der Waals surface area (Å²) in [4.78, 5) is 0.926. The van der Waals surface area contributed by atoms with E-state index in [1.165, 1.54) is 17.6 Å². The van der Waals surface area contributed by atoms with E-state index in [2.05, 4.69) is 6.58 Å². The monoisotopic (exact) mass is 202 g/mol. The lowest BCUT2D eigenvalue weighted by atomic mass is 10.3. The van der Waals surface area contributed by atoms with E-state index in [1.807, 2.05) is 6.92 Å². The maximum Gasteiger partial charge on any atom is 0.184 e. The van der Waals surface area contributed by atoms with Crippen LogP contribution in [0.15, 0.2) is 22.9 Å². The summed E-state index contributed by atoms with van der Waals surface area (Å²) in [7, 11) is -3.04. The molecule has 2 nitrogen and oxygen atoms in total. The fourth-order valence-electron chi connectivity index (χ4n) is 0.749. The van der Waals surface area contributed by atoms with E-state index in [0.29, 0.717) is 4.21 Å². The topological polar surface area (TPSA) is 34.1 Å². The standard InChI is InChI=1S/C8H10O2S2/c1-6(2)7-4-5-8(11-7)12(3,9)10/h4-5H,1H2,2-3H3. The Morgan fingerprint density at radius 2 is 2.08 bits per heavy atom. The molecule has 0 atom stereocenters. The second-order valence-electron chi connectivity index (χ2n) is 2.67. The molecule has 0 radical (unpaired) electrons. The molecule has 0 aliphatic carbocycles. The van der Waals surface area contributed by atoms with Crippen LogP contribution >= 0.6 is 11.3 Å². The zero-order valence-corrected chi connectivity index (χ0v) is 8.63. The number of allylic oxidation sites excluding steroid dienone is 1. The van der Waals surface area contributed by atoms with Gasteiger partial charge in [0.05, 0.1) is 0 Å². The Bertz CT molecular complexity index is 398. The van der Waals surface area contributed by atoms with Crippen LogP contribution in [0.3, 0.4) is 0 Å². The minimum absolute atomic E-state index is 0.403. The average Bonchev–Trinajstić information content (AvgIpc) is 2.30. The fraction of sp³-hybridized carbons (Fsp3) is 0.250. The van der Waals surface area contributed by atoms with E-state index >= 15 is 0 Å². The van der Waals surface area contributed by atoms with E-state index in [-0.39, 0.29) is 0 Å². The van der Waals surface area contributed by atoms with Gasteiger partial charge in [-0.25, -0.2) is 8.42 Å². The van der Waals surface area contributed by atoms with E-state index in [0.717, 1.165) is 10.5 Å². The van der Waals surface area contributed by atoms with Crippen molar-refractivity contribution in [1.82, 2.24) is 0 Å². The van der Waals surface area contributed by atoms with Crippen LogP contribution in [0.4, 0.5) is 0 Å². The third-order valence-electron chi connectivity index (χ3n) is 1.37. The normalized spacial score (nSPS) is 11.5. The molecule has 4 heteroatoms. The third-order valence-corrected chi connectivity index (χ3v) is 4.43. The van der Waals surface area contributed by atoms with Crippen LogP contribution in [0.1, 0.15) is 11.8 Å². The van der Waals surface area contributed by atoms with Crippen LogP contribution in [0.25, 0.3) is 5.57 Å². The second kappa shape index (κ2) is 3.03. The van der Waals surface area contributed by atoms with Crippen molar-refractivity contribution in [1.29, 1.82) is 0 Å². The molecular weight excluding hydrogens is 192 g/mol. The molecule has 0 fully saturated rings. The van der Waals surface area contributed by atoms with E-state index in [9.17, 15) is 8.42 Å². The Labute approximate surface area is 76.5 Å². The summed E-state index contributed by atoms with van der Waals surface area (Å²) in [6.45, 7) is 5.60. The number of thiophene rings is 1. The van der Waals surface area contributed by atoms with Crippen molar-refractivity contribution < 1.29 is 8.42 Å². The zero-order valence-electron chi connectivity index (χ0n) is 6.99. The fourth-order valence-corrected chi connectivity index (χ4v) is 2.60. The van der Waals surface area contributed by atoms with E-state index in [1.54, 1.807) is 12.1 Å². The van der Waals surface area contributed by atoms with Gasteiger partial charge in [-0.3, -0.25) is 0 Å². The molecule has 1 aromatic heterocycles. The first-order valence-corrected chi connectivity index (χ1v) is 6.08. The van der Waals surface area contributed by atoms with Gasteiger partial charge in [-0.1, -0.05) is 6.58 Å². The molecule has 0 spiro atoms. The third kappa shape index (κ3) is 1.95. The molecule has 0 aliphatic heterocycles. The molecule has 0 bridgehead atoms.